The molecule has 0 N–H and O–H groups in total. The van der Waals surface area contributed by atoms with Gasteiger partial charge in [-0.1, -0.05) is 12.1 Å². The molecule has 0 nitrogen and oxygen atoms in total. The Bertz CT molecular complexity index is 464. The first-order valence-electron chi connectivity index (χ1n) is 4.62. The Kier molecular flexibility index (Phi) is 3.66. The van der Waals surface area contributed by atoms with Crippen LogP contribution in [0.5, 0.6) is 0 Å². The Hall–Kier alpha value is -1.11. The zero-order valence-electron chi connectivity index (χ0n) is 8.35. The van der Waals surface area contributed by atoms with Crippen molar-refractivity contribution < 1.29 is 38.8 Å². The topological polar surface area (TPSA) is 0 Å². The molecule has 0 saturated carbocycles. The van der Waals surface area contributed by atoms with Gasteiger partial charge < -0.3 is 0 Å². The summed E-state index contributed by atoms with van der Waals surface area (Å²) in [7, 11) is 0. The molecule has 0 aliphatic carbocycles. The van der Waals surface area contributed by atoms with Crippen molar-refractivity contribution in [3.8, 4) is 0 Å². The third-order valence-electron chi connectivity index (χ3n) is 2.00. The van der Waals surface area contributed by atoms with Crippen molar-refractivity contribution in [1.82, 2.24) is 0 Å². The zero-order chi connectivity index (χ0) is 12.4. The van der Waals surface area contributed by atoms with E-state index >= 15 is 0 Å². The Morgan fingerprint density at radius 2 is 0.882 bits per heavy atom. The van der Waals surface area contributed by atoms with Crippen molar-refractivity contribution in [3.63, 3.8) is 0 Å². The van der Waals surface area contributed by atoms with Gasteiger partial charge in [0.1, 0.15) is 0 Å². The van der Waals surface area contributed by atoms with Gasteiger partial charge in [-0.3, -0.25) is 0 Å². The second-order valence-corrected chi connectivity index (χ2v) is 5.86. The van der Waals surface area contributed by atoms with Crippen LogP contribution in [0, 0.1) is 30.4 Å². The molecule has 0 radical (unpaired) electrons. The van der Waals surface area contributed by atoms with E-state index in [0.29, 0.717) is 0 Å². The molecule has 5 heteroatoms. The minimum absolute atomic E-state index is 0.227. The zero-order valence-corrected chi connectivity index (χ0v) is 10.5. The molecule has 0 amide bonds. The predicted octanol–water partition coefficient (Wildman–Crippen LogP) is 0.371. The van der Waals surface area contributed by atoms with E-state index in [0.717, 1.165) is 24.3 Å². The monoisotopic (exact) mass is 353 g/mol. The highest BCUT2D eigenvalue weighted by Crippen LogP contribution is 2.04. The van der Waals surface area contributed by atoms with Crippen molar-refractivity contribution in [1.29, 1.82) is 0 Å². The summed E-state index contributed by atoms with van der Waals surface area (Å²) in [4.78, 5) is 0. The number of hydrogen-bond donors (Lipinski definition) is 0. The summed E-state index contributed by atoms with van der Waals surface area (Å²) in [6, 6.07) is 6.76. The highest BCUT2D eigenvalue weighted by atomic mass is 127. The molecule has 0 saturated heterocycles. The van der Waals surface area contributed by atoms with Crippen LogP contribution in [0.3, 0.4) is 0 Å². The van der Waals surface area contributed by atoms with Gasteiger partial charge in [0.2, 0.25) is 0 Å². The second kappa shape index (κ2) is 5.03. The first-order chi connectivity index (χ1) is 8.09. The number of halogens is 5. The molecule has 17 heavy (non-hydrogen) atoms. The molecule has 0 aliphatic rings. The largest absolute Gasteiger partial charge is 0.370 e. The fraction of sp³-hybridized carbons (Fsp3) is 0. The first-order valence-corrected chi connectivity index (χ1v) is 6.78. The third kappa shape index (κ3) is 2.59. The lowest BCUT2D eigenvalue weighted by atomic mass is 10.3. The molecule has 0 aliphatic heterocycles. The standard InChI is InChI=1S/C12H6F4I/c13-7-3-1-4-8(14)11(7)17-12-9(15)5-2-6-10(12)16/h1-6H/q+1. The molecular weight excluding hydrogens is 347 g/mol. The molecule has 0 bridgehead atoms. The summed E-state index contributed by atoms with van der Waals surface area (Å²) >= 11 is -1.56. The molecule has 2 rings (SSSR count). The summed E-state index contributed by atoms with van der Waals surface area (Å²) in [5.41, 5.74) is 0. The van der Waals surface area contributed by atoms with E-state index in [1.807, 2.05) is 0 Å². The van der Waals surface area contributed by atoms with Crippen molar-refractivity contribution in [2.75, 3.05) is 0 Å². The smallest absolute Gasteiger partial charge is 0.202 e. The summed E-state index contributed by atoms with van der Waals surface area (Å²) < 4.78 is 52.9. The lowest BCUT2D eigenvalue weighted by Gasteiger charge is -1.94. The molecule has 0 atom stereocenters. The van der Waals surface area contributed by atoms with Gasteiger partial charge >= 0.3 is 21.2 Å². The molecule has 2 aromatic carbocycles. The van der Waals surface area contributed by atoms with Crippen LogP contribution in [-0.2, 0) is 0 Å². The maximum Gasteiger partial charge on any atom is 0.370 e. The highest BCUT2D eigenvalue weighted by molar-refractivity contribution is 5.08. The minimum atomic E-state index is -1.56. The van der Waals surface area contributed by atoms with Crippen LogP contribution in [0.25, 0.3) is 0 Å². The molecule has 2 aromatic rings. The Balaban J connectivity index is 2.45. The SMILES string of the molecule is Fc1cccc(F)c1[I+]c1c(F)cccc1F. The molecule has 0 unspecified atom stereocenters. The van der Waals surface area contributed by atoms with E-state index in [1.165, 1.54) is 12.1 Å². The molecular formula is C12H6F4I+. The molecule has 0 heterocycles. The highest BCUT2D eigenvalue weighted by Gasteiger charge is 2.31. The van der Waals surface area contributed by atoms with Crippen LogP contribution < -0.4 is 21.2 Å². The van der Waals surface area contributed by atoms with Crippen molar-refractivity contribution in [2.45, 2.75) is 0 Å². The van der Waals surface area contributed by atoms with E-state index in [9.17, 15) is 17.6 Å². The maximum atomic E-state index is 13.3. The lowest BCUT2D eigenvalue weighted by Crippen LogP contribution is -3.62. The summed E-state index contributed by atoms with van der Waals surface area (Å²) in [6.45, 7) is 0. The summed E-state index contributed by atoms with van der Waals surface area (Å²) in [5.74, 6) is -3.05. The first kappa shape index (κ1) is 12.3. The number of rotatable bonds is 2. The van der Waals surface area contributed by atoms with Crippen molar-refractivity contribution in [3.05, 3.63) is 66.8 Å². The van der Waals surface area contributed by atoms with Crippen LogP contribution in [0.15, 0.2) is 36.4 Å². The normalized spacial score (nSPS) is 10.6. The lowest BCUT2D eigenvalue weighted by molar-refractivity contribution is -0.609. The van der Waals surface area contributed by atoms with Gasteiger partial charge in [-0.05, 0) is 24.3 Å². The quantitative estimate of drug-likeness (QED) is 0.416. The third-order valence-corrected chi connectivity index (χ3v) is 5.14. The average Bonchev–Trinajstić information content (AvgIpc) is 2.27. The van der Waals surface area contributed by atoms with Crippen molar-refractivity contribution >= 4 is 0 Å². The Morgan fingerprint density at radius 3 is 1.18 bits per heavy atom. The summed E-state index contributed by atoms with van der Waals surface area (Å²) in [5, 5.41) is 0. The number of hydrogen-bond acceptors (Lipinski definition) is 0. The van der Waals surface area contributed by atoms with Crippen LogP contribution in [0.1, 0.15) is 0 Å². The minimum Gasteiger partial charge on any atom is -0.202 e. The van der Waals surface area contributed by atoms with Gasteiger partial charge in [0.25, 0.3) is 7.14 Å². The molecule has 0 spiro atoms. The van der Waals surface area contributed by atoms with E-state index in [4.69, 9.17) is 0 Å². The van der Waals surface area contributed by atoms with Gasteiger partial charge in [0.05, 0.1) is 0 Å². The van der Waals surface area contributed by atoms with E-state index in [2.05, 4.69) is 0 Å². The van der Waals surface area contributed by atoms with Crippen LogP contribution in [-0.4, -0.2) is 0 Å². The van der Waals surface area contributed by atoms with Gasteiger partial charge in [-0.15, -0.1) is 0 Å². The number of benzene rings is 2. The van der Waals surface area contributed by atoms with E-state index in [1.54, 1.807) is 0 Å². The van der Waals surface area contributed by atoms with E-state index < -0.39 is 44.5 Å². The van der Waals surface area contributed by atoms with Gasteiger partial charge in [-0.2, -0.15) is 0 Å². The molecule has 0 fully saturated rings. The Morgan fingerprint density at radius 1 is 0.588 bits per heavy atom. The van der Waals surface area contributed by atoms with Gasteiger partial charge in [0, 0.05) is 0 Å². The van der Waals surface area contributed by atoms with Crippen LogP contribution in [0.4, 0.5) is 17.6 Å². The van der Waals surface area contributed by atoms with Crippen LogP contribution in [0.2, 0.25) is 0 Å². The fourth-order valence-electron chi connectivity index (χ4n) is 1.23. The average molecular weight is 353 g/mol. The second-order valence-electron chi connectivity index (χ2n) is 3.17. The van der Waals surface area contributed by atoms with Gasteiger partial charge in [-0.25, -0.2) is 17.6 Å². The molecule has 0 aromatic heterocycles. The fourth-order valence-corrected chi connectivity index (χ4v) is 3.52. The maximum absolute atomic E-state index is 13.3. The van der Waals surface area contributed by atoms with Gasteiger partial charge in [0.15, 0.2) is 23.3 Å². The van der Waals surface area contributed by atoms with Crippen molar-refractivity contribution in [2.24, 2.45) is 0 Å². The predicted molar refractivity (Wildman–Crippen MR) is 50.1 cm³/mol. The van der Waals surface area contributed by atoms with Crippen LogP contribution >= 0.6 is 0 Å². The summed E-state index contributed by atoms with van der Waals surface area (Å²) in [6.07, 6.45) is 0. The Labute approximate surface area is 106 Å². The van der Waals surface area contributed by atoms with E-state index in [-0.39, 0.29) is 7.14 Å². The molecule has 88 valence electrons.